The second-order valence-electron chi connectivity index (χ2n) is 16.2. The van der Waals surface area contributed by atoms with Crippen LogP contribution in [0.25, 0.3) is 22.1 Å². The number of imidazole rings is 2. The van der Waals surface area contributed by atoms with Crippen molar-refractivity contribution >= 4 is 80.5 Å². The molecule has 8 rings (SSSR count). The number of aryl methyl sites for hydroxylation is 2. The summed E-state index contributed by atoms with van der Waals surface area (Å²) in [5, 5.41) is 19.5. The van der Waals surface area contributed by atoms with Gasteiger partial charge in [0.2, 0.25) is 11.8 Å². The van der Waals surface area contributed by atoms with Crippen LogP contribution in [-0.4, -0.2) is 123 Å². The van der Waals surface area contributed by atoms with E-state index in [2.05, 4.69) is 57.0 Å². The number of carbonyl (C=O) groups is 4. The zero-order valence-electron chi connectivity index (χ0n) is 38.0. The minimum atomic E-state index is -0.771. The fraction of sp³-hybridized carbons (Fsp3) is 0.319. The number of methoxy groups -OCH3 is 1. The zero-order chi connectivity index (χ0) is 49.8. The predicted octanol–water partition coefficient (Wildman–Crippen LogP) is 3.27. The number of anilines is 2. The summed E-state index contributed by atoms with van der Waals surface area (Å²) in [5.74, 6) is 9.79. The molecule has 6 heterocycles. The number of nitrogens with two attached hydrogens (primary N) is 4. The van der Waals surface area contributed by atoms with Crippen molar-refractivity contribution in [3.8, 4) is 23.7 Å². The summed E-state index contributed by atoms with van der Waals surface area (Å²) < 4.78 is 12.2. The first-order valence-electron chi connectivity index (χ1n) is 21.7. The van der Waals surface area contributed by atoms with Gasteiger partial charge in [0.05, 0.1) is 82.1 Å². The lowest BCUT2D eigenvalue weighted by Crippen LogP contribution is -2.37. The van der Waals surface area contributed by atoms with Crippen LogP contribution >= 0.6 is 23.2 Å². The molecule has 0 unspecified atom stereocenters. The summed E-state index contributed by atoms with van der Waals surface area (Å²) >= 11 is 12.9. The van der Waals surface area contributed by atoms with Gasteiger partial charge in [0.15, 0.2) is 11.4 Å². The van der Waals surface area contributed by atoms with Gasteiger partial charge in [-0.05, 0) is 74.9 Å². The number of fused-ring (bicyclic) bond motifs is 2. The molecule has 0 bridgehead atoms. The predicted molar refractivity (Wildman–Crippen MR) is 261 cm³/mol. The largest absolute Gasteiger partial charge is 0.394 e. The number of benzene rings is 2. The van der Waals surface area contributed by atoms with Crippen molar-refractivity contribution in [2.45, 2.75) is 63.9 Å². The third-order valence-electron chi connectivity index (χ3n) is 12.1. The van der Waals surface area contributed by atoms with Gasteiger partial charge in [-0.3, -0.25) is 19.2 Å². The number of aliphatic hydroxyl groups excluding tert-OH is 1. The van der Waals surface area contributed by atoms with E-state index in [4.69, 9.17) is 50.9 Å². The average molecular weight is 978 g/mol. The van der Waals surface area contributed by atoms with Crippen LogP contribution in [0.15, 0.2) is 62.2 Å². The lowest BCUT2D eigenvalue weighted by atomic mass is 10.1. The standard InChI is InChI=1S/C24H26ClN7O3.C23H24ClN7O3/c1-4-21(33)31-11-15(9-16(31)12-35-3)32-23(26)22(24(27)34)18(29-32)7-6-14-8-19-20(10-17(14)25)30(5-2)13-28-19;1-3-20(33)30-10-14(8-15(30)11-32)31-22(25)21(23(26)34)17(28-31)6-5-13-7-18-19(9-16(13)24)29(4-2)12-27-18/h4,8,10,13,15-16H,1,5,9,11-12,26H2,2-3H3,(H2,27,34);3,7,9,12,14-15,32H,1,4,8,10-11,25H2,2H3,(H2,26,34)/t15-,16+;14-,15+/m00/s1. The van der Waals surface area contributed by atoms with Crippen molar-refractivity contribution in [2.75, 3.05) is 44.9 Å². The van der Waals surface area contributed by atoms with Gasteiger partial charge in [-0.2, -0.15) is 10.2 Å². The number of primary amides is 2. The van der Waals surface area contributed by atoms with Crippen LogP contribution in [0.1, 0.15) is 82.0 Å². The molecule has 4 atom stereocenters. The molecule has 2 aliphatic rings. The first kappa shape index (κ1) is 49.3. The van der Waals surface area contributed by atoms with E-state index in [0.29, 0.717) is 47.2 Å². The number of nitrogens with zero attached hydrogens (tertiary/aromatic N) is 10. The number of rotatable bonds is 11. The van der Waals surface area contributed by atoms with Crippen molar-refractivity contribution in [1.29, 1.82) is 0 Å². The minimum absolute atomic E-state index is 0.00555. The van der Waals surface area contributed by atoms with E-state index in [9.17, 15) is 24.3 Å². The molecule has 20 nitrogen and oxygen atoms in total. The molecule has 2 saturated heterocycles. The third-order valence-corrected chi connectivity index (χ3v) is 12.7. The van der Waals surface area contributed by atoms with Crippen LogP contribution in [-0.2, 0) is 27.4 Å². The van der Waals surface area contributed by atoms with Gasteiger partial charge < -0.3 is 51.7 Å². The van der Waals surface area contributed by atoms with Crippen molar-refractivity contribution in [2.24, 2.45) is 11.5 Å². The van der Waals surface area contributed by atoms with Crippen molar-refractivity contribution < 1.29 is 29.0 Å². The van der Waals surface area contributed by atoms with E-state index >= 15 is 0 Å². The first-order chi connectivity index (χ1) is 33.1. The highest BCUT2D eigenvalue weighted by Gasteiger charge is 2.39. The van der Waals surface area contributed by atoms with E-state index in [1.54, 1.807) is 48.9 Å². The second kappa shape index (κ2) is 20.7. The molecule has 22 heteroatoms. The molecule has 6 aromatic rings. The van der Waals surface area contributed by atoms with E-state index in [1.807, 2.05) is 23.0 Å². The molecule has 69 heavy (non-hydrogen) atoms. The van der Waals surface area contributed by atoms with Crippen LogP contribution in [0, 0.1) is 23.7 Å². The Kier molecular flexibility index (Phi) is 14.8. The molecule has 4 amide bonds. The van der Waals surface area contributed by atoms with E-state index < -0.39 is 17.9 Å². The Morgan fingerprint density at radius 2 is 1.16 bits per heavy atom. The zero-order valence-corrected chi connectivity index (χ0v) is 39.5. The summed E-state index contributed by atoms with van der Waals surface area (Å²) in [6.07, 6.45) is 6.85. The Morgan fingerprint density at radius 1 is 0.739 bits per heavy atom. The Hall–Kier alpha value is -7.62. The van der Waals surface area contributed by atoms with Crippen LogP contribution in [0.2, 0.25) is 10.0 Å². The van der Waals surface area contributed by atoms with Crippen molar-refractivity contribution in [3.63, 3.8) is 0 Å². The number of halogens is 2. The lowest BCUT2D eigenvalue weighted by molar-refractivity contribution is -0.128. The van der Waals surface area contributed by atoms with E-state index in [-0.39, 0.29) is 77.2 Å². The van der Waals surface area contributed by atoms with Gasteiger partial charge >= 0.3 is 0 Å². The average Bonchev–Trinajstić information content (AvgIpc) is 4.20. The Balaban J connectivity index is 0.000000204. The number of hydrogen-bond acceptors (Lipinski definition) is 12. The molecule has 0 spiro atoms. The summed E-state index contributed by atoms with van der Waals surface area (Å²) in [6.45, 7) is 13.3. The Morgan fingerprint density at radius 3 is 1.54 bits per heavy atom. The highest BCUT2D eigenvalue weighted by atomic mass is 35.5. The monoisotopic (exact) mass is 976 g/mol. The number of likely N-dealkylation sites (tertiary alicyclic amines) is 2. The van der Waals surface area contributed by atoms with Crippen LogP contribution in [0.5, 0.6) is 0 Å². The normalized spacial score (nSPS) is 17.5. The number of carbonyl (C=O) groups excluding carboxylic acids is 4. The van der Waals surface area contributed by atoms with Gasteiger partial charge in [0.25, 0.3) is 11.8 Å². The van der Waals surface area contributed by atoms with Crippen molar-refractivity contribution in [1.82, 2.24) is 48.5 Å². The maximum absolute atomic E-state index is 12.3. The summed E-state index contributed by atoms with van der Waals surface area (Å²) in [7, 11) is 1.57. The van der Waals surface area contributed by atoms with Crippen molar-refractivity contribution in [3.05, 3.63) is 106 Å². The molecule has 2 fully saturated rings. The molecule has 9 N–H and O–H groups in total. The number of amides is 4. The SMILES string of the molecule is C=CC(=O)N1C[C@@H](n2nc(C#Cc3cc4ncn(CC)c4cc3Cl)c(C(N)=O)c2N)C[C@@H]1CO.C=CC(=O)N1C[C@@H](n2nc(C#Cc3cc4ncn(CC)c4cc3Cl)c(C(N)=O)c2N)C[C@@H]1COC. The quantitative estimate of drug-likeness (QED) is 0.0925. The molecule has 2 aliphatic heterocycles. The highest BCUT2D eigenvalue weighted by molar-refractivity contribution is 6.33. The molecule has 358 valence electrons. The fourth-order valence-corrected chi connectivity index (χ4v) is 9.07. The third kappa shape index (κ3) is 9.74. The highest BCUT2D eigenvalue weighted by Crippen LogP contribution is 2.33. The summed E-state index contributed by atoms with van der Waals surface area (Å²) in [4.78, 5) is 60.8. The molecule has 2 aromatic carbocycles. The van der Waals surface area contributed by atoms with Gasteiger partial charge in [0, 0.05) is 44.4 Å². The molecule has 0 aliphatic carbocycles. The van der Waals surface area contributed by atoms with Crippen LogP contribution < -0.4 is 22.9 Å². The second-order valence-corrected chi connectivity index (χ2v) is 17.0. The number of aliphatic hydroxyl groups is 1. The van der Waals surface area contributed by atoms with E-state index in [0.717, 1.165) is 35.2 Å². The van der Waals surface area contributed by atoms with E-state index in [1.165, 1.54) is 26.4 Å². The molecular weight excluding hydrogens is 928 g/mol. The summed E-state index contributed by atoms with van der Waals surface area (Å²) in [6, 6.07) is 5.89. The Bertz CT molecular complexity index is 3160. The lowest BCUT2D eigenvalue weighted by Gasteiger charge is -2.22. The van der Waals surface area contributed by atoms with Gasteiger partial charge in [0.1, 0.15) is 22.8 Å². The number of nitrogen functional groups attached to an aromatic ring is 2. The molecule has 0 saturated carbocycles. The fourth-order valence-electron chi connectivity index (χ4n) is 8.65. The topological polar surface area (TPSA) is 280 Å². The number of ether oxygens (including phenoxy) is 1. The Labute approximate surface area is 406 Å². The van der Waals surface area contributed by atoms with Crippen LogP contribution in [0.4, 0.5) is 11.6 Å². The molecular formula is C47H50Cl2N14O6. The van der Waals surface area contributed by atoms with Crippen LogP contribution in [0.3, 0.4) is 0 Å². The number of hydrogen-bond donors (Lipinski definition) is 5. The summed E-state index contributed by atoms with van der Waals surface area (Å²) in [5.41, 5.74) is 28.3. The first-order valence-corrected chi connectivity index (χ1v) is 22.5. The van der Waals surface area contributed by atoms with Gasteiger partial charge in [-0.25, -0.2) is 19.3 Å². The maximum Gasteiger partial charge on any atom is 0.255 e. The molecule has 0 radical (unpaired) electrons. The molecule has 4 aromatic heterocycles. The van der Waals surface area contributed by atoms with Gasteiger partial charge in [-0.1, -0.05) is 48.2 Å². The minimum Gasteiger partial charge on any atom is -0.394 e. The smallest absolute Gasteiger partial charge is 0.255 e. The van der Waals surface area contributed by atoms with Gasteiger partial charge in [-0.15, -0.1) is 0 Å². The maximum atomic E-state index is 12.3. The number of aromatic nitrogens is 8.